The van der Waals surface area contributed by atoms with Crippen molar-refractivity contribution in [2.24, 2.45) is 0 Å². The molecule has 1 aromatic carbocycles. The standard InChI is InChI=1S/C14H13NO4/c1-9(16)15-5-4-11(14(15)17)6-10-2-3-12-13(7-10)19-8-18-12/h2-3,6-7H,4-5,8H2,1H3. The molecule has 5 heteroatoms. The van der Waals surface area contributed by atoms with E-state index in [0.29, 0.717) is 30.0 Å². The quantitative estimate of drug-likeness (QED) is 0.718. The summed E-state index contributed by atoms with van der Waals surface area (Å²) < 4.78 is 10.5. The number of amides is 2. The highest BCUT2D eigenvalue weighted by atomic mass is 16.7. The van der Waals surface area contributed by atoms with E-state index in [1.54, 1.807) is 6.08 Å². The van der Waals surface area contributed by atoms with E-state index in [1.807, 2.05) is 18.2 Å². The second-order valence-corrected chi connectivity index (χ2v) is 4.51. The van der Waals surface area contributed by atoms with Crippen molar-refractivity contribution in [3.63, 3.8) is 0 Å². The predicted molar refractivity (Wildman–Crippen MR) is 67.6 cm³/mol. The Morgan fingerprint density at radius 1 is 1.32 bits per heavy atom. The monoisotopic (exact) mass is 259 g/mol. The number of fused-ring (bicyclic) bond motifs is 1. The van der Waals surface area contributed by atoms with E-state index in [-0.39, 0.29) is 18.6 Å². The lowest BCUT2D eigenvalue weighted by Gasteiger charge is -2.08. The number of carbonyl (C=O) groups is 2. The van der Waals surface area contributed by atoms with Crippen LogP contribution in [-0.4, -0.2) is 30.1 Å². The summed E-state index contributed by atoms with van der Waals surface area (Å²) in [6.07, 6.45) is 2.39. The molecule has 0 aliphatic carbocycles. The second-order valence-electron chi connectivity index (χ2n) is 4.51. The molecule has 0 spiro atoms. The number of hydrogen-bond donors (Lipinski definition) is 0. The van der Waals surface area contributed by atoms with E-state index in [1.165, 1.54) is 11.8 Å². The van der Waals surface area contributed by atoms with Gasteiger partial charge in [-0.1, -0.05) is 6.07 Å². The predicted octanol–water partition coefficient (Wildman–Crippen LogP) is 1.58. The van der Waals surface area contributed by atoms with Gasteiger partial charge in [-0.25, -0.2) is 0 Å². The van der Waals surface area contributed by atoms with Crippen LogP contribution in [0.4, 0.5) is 0 Å². The van der Waals surface area contributed by atoms with Crippen molar-refractivity contribution < 1.29 is 19.1 Å². The smallest absolute Gasteiger partial charge is 0.256 e. The first-order valence-electron chi connectivity index (χ1n) is 6.08. The lowest BCUT2D eigenvalue weighted by molar-refractivity contribution is -0.138. The highest BCUT2D eigenvalue weighted by Crippen LogP contribution is 2.33. The lowest BCUT2D eigenvalue weighted by Crippen LogP contribution is -2.29. The second kappa shape index (κ2) is 4.42. The molecular formula is C14H13NO4. The van der Waals surface area contributed by atoms with Crippen LogP contribution >= 0.6 is 0 Å². The highest BCUT2D eigenvalue weighted by Gasteiger charge is 2.28. The van der Waals surface area contributed by atoms with Crippen molar-refractivity contribution in [2.45, 2.75) is 13.3 Å². The molecule has 2 amide bonds. The molecule has 2 aliphatic rings. The minimum Gasteiger partial charge on any atom is -0.454 e. The molecule has 0 unspecified atom stereocenters. The van der Waals surface area contributed by atoms with Crippen LogP contribution < -0.4 is 9.47 Å². The van der Waals surface area contributed by atoms with Crippen molar-refractivity contribution in [1.82, 2.24) is 4.90 Å². The van der Waals surface area contributed by atoms with Crippen LogP contribution in [0.25, 0.3) is 6.08 Å². The van der Waals surface area contributed by atoms with E-state index < -0.39 is 0 Å². The summed E-state index contributed by atoms with van der Waals surface area (Å²) in [5, 5.41) is 0. The van der Waals surface area contributed by atoms with Crippen LogP contribution in [-0.2, 0) is 9.59 Å². The third-order valence-electron chi connectivity index (χ3n) is 3.24. The third-order valence-corrected chi connectivity index (χ3v) is 3.24. The molecule has 5 nitrogen and oxygen atoms in total. The van der Waals surface area contributed by atoms with Gasteiger partial charge >= 0.3 is 0 Å². The van der Waals surface area contributed by atoms with Crippen molar-refractivity contribution in [1.29, 1.82) is 0 Å². The Bertz CT molecular complexity index is 591. The van der Waals surface area contributed by atoms with Gasteiger partial charge in [-0.05, 0) is 30.2 Å². The van der Waals surface area contributed by atoms with Gasteiger partial charge in [0.05, 0.1) is 0 Å². The minimum atomic E-state index is -0.209. The SMILES string of the molecule is CC(=O)N1CCC(=Cc2ccc3c(c2)OCO3)C1=O. The van der Waals surface area contributed by atoms with Crippen LogP contribution in [0.5, 0.6) is 11.5 Å². The Morgan fingerprint density at radius 3 is 2.84 bits per heavy atom. The molecule has 2 aliphatic heterocycles. The molecule has 3 rings (SSSR count). The Kier molecular flexibility index (Phi) is 2.74. The fourth-order valence-corrected chi connectivity index (χ4v) is 2.25. The van der Waals surface area contributed by atoms with Gasteiger partial charge in [-0.3, -0.25) is 14.5 Å². The van der Waals surface area contributed by atoms with Gasteiger partial charge in [0, 0.05) is 19.0 Å². The molecule has 0 N–H and O–H groups in total. The lowest BCUT2D eigenvalue weighted by atomic mass is 10.1. The van der Waals surface area contributed by atoms with Crippen LogP contribution in [0.3, 0.4) is 0 Å². The summed E-state index contributed by atoms with van der Waals surface area (Å²) in [5.74, 6) is 0.984. The van der Waals surface area contributed by atoms with Crippen LogP contribution in [0.15, 0.2) is 23.8 Å². The number of likely N-dealkylation sites (tertiary alicyclic amines) is 1. The zero-order valence-electron chi connectivity index (χ0n) is 10.5. The Balaban J connectivity index is 1.86. The molecule has 19 heavy (non-hydrogen) atoms. The van der Waals surface area contributed by atoms with Crippen molar-refractivity contribution in [2.75, 3.05) is 13.3 Å². The van der Waals surface area contributed by atoms with E-state index in [4.69, 9.17) is 9.47 Å². The van der Waals surface area contributed by atoms with E-state index in [2.05, 4.69) is 0 Å². The largest absolute Gasteiger partial charge is 0.454 e. The van der Waals surface area contributed by atoms with Crippen molar-refractivity contribution in [3.05, 3.63) is 29.3 Å². The Morgan fingerprint density at radius 2 is 2.11 bits per heavy atom. The van der Waals surface area contributed by atoms with E-state index in [9.17, 15) is 9.59 Å². The third kappa shape index (κ3) is 2.07. The minimum absolute atomic E-state index is 0.204. The molecule has 98 valence electrons. The zero-order valence-corrected chi connectivity index (χ0v) is 10.5. The average molecular weight is 259 g/mol. The van der Waals surface area contributed by atoms with Gasteiger partial charge in [0.1, 0.15) is 0 Å². The van der Waals surface area contributed by atoms with Gasteiger partial charge in [0.25, 0.3) is 5.91 Å². The van der Waals surface area contributed by atoms with Crippen LogP contribution in [0.2, 0.25) is 0 Å². The molecule has 1 fully saturated rings. The Hall–Kier alpha value is -2.30. The fourth-order valence-electron chi connectivity index (χ4n) is 2.25. The molecule has 2 heterocycles. The summed E-state index contributed by atoms with van der Waals surface area (Å²) in [6.45, 7) is 2.10. The summed E-state index contributed by atoms with van der Waals surface area (Å²) in [5.41, 5.74) is 1.52. The molecule has 1 aromatic rings. The van der Waals surface area contributed by atoms with Gasteiger partial charge in [-0.2, -0.15) is 0 Å². The number of hydrogen-bond acceptors (Lipinski definition) is 4. The first kappa shape index (κ1) is 11.8. The van der Waals surface area contributed by atoms with Crippen LogP contribution in [0.1, 0.15) is 18.9 Å². The number of rotatable bonds is 1. The maximum atomic E-state index is 12.0. The molecule has 0 atom stereocenters. The maximum absolute atomic E-state index is 12.0. The topological polar surface area (TPSA) is 55.8 Å². The first-order valence-corrected chi connectivity index (χ1v) is 6.08. The average Bonchev–Trinajstić information content (AvgIpc) is 2.96. The Labute approximate surface area is 110 Å². The van der Waals surface area contributed by atoms with Gasteiger partial charge < -0.3 is 9.47 Å². The van der Waals surface area contributed by atoms with Crippen molar-refractivity contribution >= 4 is 17.9 Å². The summed E-state index contributed by atoms with van der Waals surface area (Å²) >= 11 is 0. The normalized spacial score (nSPS) is 19.3. The fraction of sp³-hybridized carbons (Fsp3) is 0.286. The summed E-state index contributed by atoms with van der Waals surface area (Å²) in [6, 6.07) is 5.51. The van der Waals surface area contributed by atoms with Gasteiger partial charge in [-0.15, -0.1) is 0 Å². The zero-order chi connectivity index (χ0) is 13.4. The first-order chi connectivity index (χ1) is 9.15. The molecule has 0 bridgehead atoms. The van der Waals surface area contributed by atoms with Gasteiger partial charge in [0.15, 0.2) is 11.5 Å². The number of carbonyl (C=O) groups excluding carboxylic acids is 2. The maximum Gasteiger partial charge on any atom is 0.256 e. The molecule has 0 aromatic heterocycles. The molecular weight excluding hydrogens is 246 g/mol. The number of nitrogens with zero attached hydrogens (tertiary/aromatic N) is 1. The molecule has 0 saturated carbocycles. The molecule has 1 saturated heterocycles. The molecule has 0 radical (unpaired) electrons. The number of benzene rings is 1. The van der Waals surface area contributed by atoms with Crippen molar-refractivity contribution in [3.8, 4) is 11.5 Å². The summed E-state index contributed by atoms with van der Waals surface area (Å²) in [4.78, 5) is 24.5. The van der Waals surface area contributed by atoms with E-state index >= 15 is 0 Å². The highest BCUT2D eigenvalue weighted by molar-refractivity contribution is 6.08. The summed E-state index contributed by atoms with van der Waals surface area (Å²) in [7, 11) is 0. The number of imide groups is 1. The van der Waals surface area contributed by atoms with Crippen LogP contribution in [0, 0.1) is 0 Å². The van der Waals surface area contributed by atoms with Gasteiger partial charge in [0.2, 0.25) is 12.7 Å². The number of ether oxygens (including phenoxy) is 2. The van der Waals surface area contributed by atoms with E-state index in [0.717, 1.165) is 5.56 Å².